The predicted molar refractivity (Wildman–Crippen MR) is 74.2 cm³/mol. The third kappa shape index (κ3) is 2.75. The van der Waals surface area contributed by atoms with Gasteiger partial charge < -0.3 is 10.6 Å². The number of rotatable bonds is 2. The van der Waals surface area contributed by atoms with Crippen LogP contribution in [0.2, 0.25) is 0 Å². The number of carbonyl (C=O) groups excluding carboxylic acids is 2. The Hall–Kier alpha value is -2.90. The van der Waals surface area contributed by atoms with Gasteiger partial charge in [-0.2, -0.15) is 0 Å². The molecule has 23 heavy (non-hydrogen) atoms. The number of nitrogens with two attached hydrogens (primary N) is 1. The molecule has 1 aliphatic heterocycles. The number of fused-ring (bicyclic) bond motifs is 1. The number of primary amides is 1. The molecule has 0 spiro atoms. The highest BCUT2D eigenvalue weighted by Crippen LogP contribution is 2.21. The standard InChI is InChI=1S/C15H11F2N4O2/c16-9-2-1-3-10(17)12(9)15(23)21-5-4-8-6-19-14(13(18)22)20-11(8)7-21/h1-3H,4-5,7H2,(H2,18,22). The van der Waals surface area contributed by atoms with Gasteiger partial charge in [-0.3, -0.25) is 9.59 Å². The lowest BCUT2D eigenvalue weighted by molar-refractivity contribution is 0.0721. The lowest BCUT2D eigenvalue weighted by Crippen LogP contribution is -2.38. The molecule has 0 saturated heterocycles. The van der Waals surface area contributed by atoms with Crippen LogP contribution in [0.15, 0.2) is 18.2 Å². The highest BCUT2D eigenvalue weighted by atomic mass is 19.1. The summed E-state index contributed by atoms with van der Waals surface area (Å²) in [5.41, 5.74) is 5.54. The molecular formula is C15H11F2N4O2. The summed E-state index contributed by atoms with van der Waals surface area (Å²) in [6.07, 6.45) is 3.03. The SMILES string of the molecule is NC(=O)c1n[c]c2c(n1)CN(C(=O)c1c(F)cccc1F)CC2. The smallest absolute Gasteiger partial charge is 0.286 e. The molecule has 6 nitrogen and oxygen atoms in total. The maximum absolute atomic E-state index is 13.7. The minimum absolute atomic E-state index is 0.00123. The minimum atomic E-state index is -0.923. The number of halogens is 2. The first-order chi connectivity index (χ1) is 11.0. The van der Waals surface area contributed by atoms with Gasteiger partial charge in [0.25, 0.3) is 11.8 Å². The number of benzene rings is 1. The summed E-state index contributed by atoms with van der Waals surface area (Å²) >= 11 is 0. The predicted octanol–water partition coefficient (Wildman–Crippen LogP) is 0.852. The van der Waals surface area contributed by atoms with Gasteiger partial charge in [-0.25, -0.2) is 18.7 Å². The lowest BCUT2D eigenvalue weighted by Gasteiger charge is -2.28. The highest BCUT2D eigenvalue weighted by Gasteiger charge is 2.27. The van der Waals surface area contributed by atoms with Crippen LogP contribution in [0, 0.1) is 17.8 Å². The van der Waals surface area contributed by atoms with Crippen LogP contribution in [0.25, 0.3) is 0 Å². The summed E-state index contributed by atoms with van der Waals surface area (Å²) in [7, 11) is 0. The van der Waals surface area contributed by atoms with Crippen molar-refractivity contribution >= 4 is 11.8 Å². The maximum Gasteiger partial charge on any atom is 0.286 e. The van der Waals surface area contributed by atoms with Gasteiger partial charge in [0.15, 0.2) is 0 Å². The average molecular weight is 317 g/mol. The zero-order chi connectivity index (χ0) is 16.6. The van der Waals surface area contributed by atoms with Crippen molar-refractivity contribution in [1.82, 2.24) is 14.9 Å². The molecule has 0 aliphatic carbocycles. The summed E-state index contributed by atoms with van der Waals surface area (Å²) in [5.74, 6) is -3.64. The van der Waals surface area contributed by atoms with E-state index in [4.69, 9.17) is 5.73 Å². The molecule has 0 unspecified atom stereocenters. The van der Waals surface area contributed by atoms with Crippen molar-refractivity contribution in [3.63, 3.8) is 0 Å². The van der Waals surface area contributed by atoms with E-state index < -0.39 is 29.0 Å². The quantitative estimate of drug-likeness (QED) is 0.889. The molecule has 0 fully saturated rings. The van der Waals surface area contributed by atoms with E-state index >= 15 is 0 Å². The van der Waals surface area contributed by atoms with Crippen LogP contribution >= 0.6 is 0 Å². The van der Waals surface area contributed by atoms with E-state index in [-0.39, 0.29) is 18.9 Å². The van der Waals surface area contributed by atoms with E-state index in [1.807, 2.05) is 0 Å². The average Bonchev–Trinajstić information content (AvgIpc) is 2.53. The van der Waals surface area contributed by atoms with Gasteiger partial charge in [0.05, 0.1) is 18.4 Å². The van der Waals surface area contributed by atoms with E-state index in [1.54, 1.807) is 0 Å². The second-order valence-corrected chi connectivity index (χ2v) is 5.02. The summed E-state index contributed by atoms with van der Waals surface area (Å²) < 4.78 is 27.5. The van der Waals surface area contributed by atoms with Crippen molar-refractivity contribution in [1.29, 1.82) is 0 Å². The molecule has 1 aromatic heterocycles. The number of nitrogens with zero attached hydrogens (tertiary/aromatic N) is 3. The Labute approximate surface area is 130 Å². The van der Waals surface area contributed by atoms with Gasteiger partial charge in [-0.15, -0.1) is 0 Å². The second kappa shape index (κ2) is 5.71. The van der Waals surface area contributed by atoms with Gasteiger partial charge in [-0.1, -0.05) is 6.07 Å². The summed E-state index contributed by atoms with van der Waals surface area (Å²) in [4.78, 5) is 32.4. The van der Waals surface area contributed by atoms with Crippen molar-refractivity contribution < 1.29 is 18.4 Å². The van der Waals surface area contributed by atoms with E-state index in [2.05, 4.69) is 16.2 Å². The molecule has 1 aliphatic rings. The molecule has 3 rings (SSSR count). The van der Waals surface area contributed by atoms with Gasteiger partial charge in [0, 0.05) is 12.1 Å². The van der Waals surface area contributed by atoms with Crippen molar-refractivity contribution in [3.05, 3.63) is 58.7 Å². The fourth-order valence-electron chi connectivity index (χ4n) is 2.39. The van der Waals surface area contributed by atoms with Gasteiger partial charge in [-0.05, 0) is 18.6 Å². The summed E-state index contributed by atoms with van der Waals surface area (Å²) in [6, 6.07) is 3.24. The van der Waals surface area contributed by atoms with Crippen LogP contribution in [0.1, 0.15) is 32.2 Å². The van der Waals surface area contributed by atoms with Crippen molar-refractivity contribution in [2.45, 2.75) is 13.0 Å². The Morgan fingerprint density at radius 1 is 1.26 bits per heavy atom. The zero-order valence-corrected chi connectivity index (χ0v) is 11.8. The van der Waals surface area contributed by atoms with Crippen LogP contribution in [0.5, 0.6) is 0 Å². The number of hydrogen-bond donors (Lipinski definition) is 1. The monoisotopic (exact) mass is 317 g/mol. The molecule has 0 bridgehead atoms. The Morgan fingerprint density at radius 2 is 1.96 bits per heavy atom. The van der Waals surface area contributed by atoms with Gasteiger partial charge in [0.1, 0.15) is 17.2 Å². The number of amides is 2. The first-order valence-corrected chi connectivity index (χ1v) is 6.78. The molecule has 0 saturated carbocycles. The third-order valence-corrected chi connectivity index (χ3v) is 3.54. The Morgan fingerprint density at radius 3 is 2.61 bits per heavy atom. The van der Waals surface area contributed by atoms with Crippen molar-refractivity contribution in [2.24, 2.45) is 5.73 Å². The summed E-state index contributed by atoms with van der Waals surface area (Å²) in [6.45, 7) is 0.247. The Kier molecular flexibility index (Phi) is 3.73. The number of carbonyl (C=O) groups is 2. The number of aromatic nitrogens is 2. The minimum Gasteiger partial charge on any atom is -0.363 e. The first-order valence-electron chi connectivity index (χ1n) is 6.78. The van der Waals surface area contributed by atoms with E-state index in [0.717, 1.165) is 12.1 Å². The highest BCUT2D eigenvalue weighted by molar-refractivity contribution is 5.95. The Bertz CT molecular complexity index is 790. The van der Waals surface area contributed by atoms with E-state index in [9.17, 15) is 18.4 Å². The fourth-order valence-corrected chi connectivity index (χ4v) is 2.39. The zero-order valence-electron chi connectivity index (χ0n) is 11.8. The molecule has 0 atom stereocenters. The first kappa shape index (κ1) is 15.0. The molecule has 1 radical (unpaired) electrons. The lowest BCUT2D eigenvalue weighted by atomic mass is 10.1. The fraction of sp³-hybridized carbons (Fsp3) is 0.200. The molecule has 2 N–H and O–H groups in total. The molecular weight excluding hydrogens is 306 g/mol. The van der Waals surface area contributed by atoms with Crippen LogP contribution in [0.3, 0.4) is 0 Å². The van der Waals surface area contributed by atoms with Gasteiger partial charge >= 0.3 is 0 Å². The maximum atomic E-state index is 13.7. The molecule has 2 heterocycles. The van der Waals surface area contributed by atoms with Crippen LogP contribution in [0.4, 0.5) is 8.78 Å². The van der Waals surface area contributed by atoms with E-state index in [0.29, 0.717) is 17.7 Å². The molecule has 2 amide bonds. The largest absolute Gasteiger partial charge is 0.363 e. The Balaban J connectivity index is 1.91. The van der Waals surface area contributed by atoms with Gasteiger partial charge in [0.2, 0.25) is 5.82 Å². The topological polar surface area (TPSA) is 89.2 Å². The molecule has 8 heteroatoms. The van der Waals surface area contributed by atoms with Crippen LogP contribution in [-0.2, 0) is 13.0 Å². The van der Waals surface area contributed by atoms with Crippen molar-refractivity contribution in [3.8, 4) is 0 Å². The molecule has 1 aromatic carbocycles. The van der Waals surface area contributed by atoms with Crippen LogP contribution < -0.4 is 5.73 Å². The van der Waals surface area contributed by atoms with E-state index in [1.165, 1.54) is 11.0 Å². The molecule has 117 valence electrons. The second-order valence-electron chi connectivity index (χ2n) is 5.02. The normalized spacial score (nSPS) is 13.6. The number of hydrogen-bond acceptors (Lipinski definition) is 4. The summed E-state index contributed by atoms with van der Waals surface area (Å²) in [5, 5.41) is 0. The van der Waals surface area contributed by atoms with Crippen molar-refractivity contribution in [2.75, 3.05) is 6.54 Å². The molecule has 2 aromatic rings. The third-order valence-electron chi connectivity index (χ3n) is 3.54. The van der Waals surface area contributed by atoms with Crippen LogP contribution in [-0.4, -0.2) is 33.2 Å².